The zero-order chi connectivity index (χ0) is 40.5. The fourth-order valence-corrected chi connectivity index (χ4v) is 8.86. The van der Waals surface area contributed by atoms with E-state index >= 15 is 0 Å². The van der Waals surface area contributed by atoms with Crippen LogP contribution in [0.5, 0.6) is 0 Å². The van der Waals surface area contributed by atoms with Crippen molar-refractivity contribution in [2.45, 2.75) is 0 Å². The quantitative estimate of drug-likeness (QED) is 0.154. The highest BCUT2D eigenvalue weighted by atomic mass is 32.1. The summed E-state index contributed by atoms with van der Waals surface area (Å²) in [4.78, 5) is 11.2. The monoisotopic (exact) mass is 796 g/mol. The Morgan fingerprint density at radius 3 is 0.721 bits per heavy atom. The molecule has 5 heteroatoms. The highest BCUT2D eigenvalue weighted by Gasteiger charge is 2.25. The van der Waals surface area contributed by atoms with Crippen molar-refractivity contribution in [2.75, 3.05) is 0 Å². The maximum Gasteiger partial charge on any atom is 0.115 e. The summed E-state index contributed by atoms with van der Waals surface area (Å²) in [5.74, 6) is 0. The molecule has 0 bridgehead atoms. The third-order valence-corrected chi connectivity index (χ3v) is 12.0. The second-order valence-electron chi connectivity index (χ2n) is 15.1. The molecule has 0 aliphatic rings. The van der Waals surface area contributed by atoms with E-state index in [1.54, 1.807) is 0 Å². The van der Waals surface area contributed by atoms with Gasteiger partial charge in [0, 0.05) is 22.3 Å². The first-order valence-corrected chi connectivity index (χ1v) is 21.1. The van der Waals surface area contributed by atoms with Crippen molar-refractivity contribution in [1.29, 1.82) is 0 Å². The van der Waals surface area contributed by atoms with Gasteiger partial charge in [-0.2, -0.15) is 8.75 Å². The van der Waals surface area contributed by atoms with Gasteiger partial charge in [0.2, 0.25) is 0 Å². The minimum Gasteiger partial charge on any atom is -0.243 e. The zero-order valence-corrected chi connectivity index (χ0v) is 33.8. The van der Waals surface area contributed by atoms with Crippen LogP contribution in [0.4, 0.5) is 0 Å². The van der Waals surface area contributed by atoms with Crippen molar-refractivity contribution >= 4 is 33.8 Å². The standard InChI is InChI=1S/C56H36N4S/c1-5-13-37(14-6-1)39-21-25-41(26-22-39)43-29-33-45(34-30-43)49-53-54(58-52(48-19-11-4-12-20-48)51(57-53)47-17-9-3-10-18-47)50(56-55(49)59-61-60-56)46-35-31-44(32-36-46)42-27-23-40(24-28-42)38-15-7-2-8-16-38/h1-36H. The highest BCUT2D eigenvalue weighted by Crippen LogP contribution is 2.44. The van der Waals surface area contributed by atoms with Gasteiger partial charge >= 0.3 is 0 Å². The average Bonchev–Trinajstić information content (AvgIpc) is 3.83. The van der Waals surface area contributed by atoms with Gasteiger partial charge in [0.25, 0.3) is 0 Å². The summed E-state index contributed by atoms with van der Waals surface area (Å²) in [6, 6.07) is 76.7. The lowest BCUT2D eigenvalue weighted by Crippen LogP contribution is -2.00. The second kappa shape index (κ2) is 15.7. The van der Waals surface area contributed by atoms with Gasteiger partial charge < -0.3 is 0 Å². The summed E-state index contributed by atoms with van der Waals surface area (Å²) < 4.78 is 9.99. The van der Waals surface area contributed by atoms with Crippen LogP contribution < -0.4 is 0 Å². The van der Waals surface area contributed by atoms with Crippen LogP contribution in [0.3, 0.4) is 0 Å². The minimum atomic E-state index is 0.786. The van der Waals surface area contributed by atoms with Crippen molar-refractivity contribution in [3.8, 4) is 89.3 Å². The lowest BCUT2D eigenvalue weighted by atomic mass is 9.92. The maximum atomic E-state index is 5.61. The van der Waals surface area contributed by atoms with E-state index in [1.165, 1.54) is 34.0 Å². The molecule has 4 nitrogen and oxygen atoms in total. The van der Waals surface area contributed by atoms with Gasteiger partial charge in [0.05, 0.1) is 23.1 Å². The van der Waals surface area contributed by atoms with Crippen LogP contribution in [0.1, 0.15) is 0 Å². The fourth-order valence-electron chi connectivity index (χ4n) is 8.30. The number of hydrogen-bond acceptors (Lipinski definition) is 5. The minimum absolute atomic E-state index is 0.786. The highest BCUT2D eigenvalue weighted by molar-refractivity contribution is 7.00. The summed E-state index contributed by atoms with van der Waals surface area (Å²) in [5.41, 5.74) is 20.1. The first-order chi connectivity index (χ1) is 30.2. The maximum absolute atomic E-state index is 5.61. The summed E-state index contributed by atoms with van der Waals surface area (Å²) in [6.45, 7) is 0. The van der Waals surface area contributed by atoms with Crippen LogP contribution in [0.25, 0.3) is 111 Å². The molecule has 11 aromatic rings. The first-order valence-electron chi connectivity index (χ1n) is 20.4. The Bertz CT molecular complexity index is 3050. The van der Waals surface area contributed by atoms with E-state index in [9.17, 15) is 0 Å². The lowest BCUT2D eigenvalue weighted by Gasteiger charge is -2.17. The molecule has 0 aliphatic carbocycles. The van der Waals surface area contributed by atoms with Crippen LogP contribution in [0.15, 0.2) is 218 Å². The van der Waals surface area contributed by atoms with E-state index in [4.69, 9.17) is 18.7 Å². The molecule has 0 saturated carbocycles. The molecule has 0 aliphatic heterocycles. The van der Waals surface area contributed by atoms with Gasteiger partial charge in [-0.05, 0) is 55.6 Å². The predicted octanol–water partition coefficient (Wildman–Crippen LogP) is 15.0. The molecule has 0 atom stereocenters. The van der Waals surface area contributed by atoms with E-state index in [1.807, 2.05) is 24.3 Å². The Morgan fingerprint density at radius 2 is 0.443 bits per heavy atom. The van der Waals surface area contributed by atoms with Crippen LogP contribution >= 0.6 is 11.7 Å². The first kappa shape index (κ1) is 36.2. The molecule has 286 valence electrons. The Kier molecular flexibility index (Phi) is 9.34. The van der Waals surface area contributed by atoms with Gasteiger partial charge in [-0.1, -0.05) is 218 Å². The Morgan fingerprint density at radius 1 is 0.213 bits per heavy atom. The van der Waals surface area contributed by atoms with Crippen molar-refractivity contribution in [3.05, 3.63) is 218 Å². The molecule has 0 N–H and O–H groups in total. The van der Waals surface area contributed by atoms with Crippen molar-refractivity contribution in [2.24, 2.45) is 0 Å². The lowest BCUT2D eigenvalue weighted by molar-refractivity contribution is 1.29. The number of rotatable bonds is 8. The average molecular weight is 797 g/mol. The van der Waals surface area contributed by atoms with Gasteiger partial charge in [-0.3, -0.25) is 0 Å². The van der Waals surface area contributed by atoms with Gasteiger partial charge in [0.15, 0.2) is 0 Å². The number of aromatic nitrogens is 4. The molecular formula is C56H36N4S. The molecular weight excluding hydrogens is 761 g/mol. The Balaban J connectivity index is 1.07. The smallest absolute Gasteiger partial charge is 0.115 e. The number of benzene rings is 9. The molecule has 0 radical (unpaired) electrons. The Hall–Kier alpha value is -7.86. The molecule has 61 heavy (non-hydrogen) atoms. The summed E-state index contributed by atoms with van der Waals surface area (Å²) in [6.07, 6.45) is 0. The molecule has 0 fully saturated rings. The van der Waals surface area contributed by atoms with Crippen LogP contribution in [-0.4, -0.2) is 18.7 Å². The number of nitrogens with zero attached hydrogens (tertiary/aromatic N) is 4. The summed E-state index contributed by atoms with van der Waals surface area (Å²) >= 11 is 1.23. The van der Waals surface area contributed by atoms with Crippen LogP contribution in [-0.2, 0) is 0 Å². The van der Waals surface area contributed by atoms with Crippen LogP contribution in [0.2, 0.25) is 0 Å². The molecule has 0 unspecified atom stereocenters. The second-order valence-corrected chi connectivity index (χ2v) is 15.6. The van der Waals surface area contributed by atoms with E-state index in [0.29, 0.717) is 0 Å². The zero-order valence-electron chi connectivity index (χ0n) is 33.0. The third kappa shape index (κ3) is 6.87. The van der Waals surface area contributed by atoms with Gasteiger partial charge in [-0.25, -0.2) is 9.97 Å². The van der Waals surface area contributed by atoms with Crippen molar-refractivity contribution in [3.63, 3.8) is 0 Å². The van der Waals surface area contributed by atoms with E-state index in [0.717, 1.165) is 89.1 Å². The molecule has 0 spiro atoms. The summed E-state index contributed by atoms with van der Waals surface area (Å²) in [5, 5.41) is 0. The molecule has 2 aromatic heterocycles. The number of hydrogen-bond donors (Lipinski definition) is 0. The molecule has 0 amide bonds. The Labute approximate surface area is 358 Å². The topological polar surface area (TPSA) is 51.6 Å². The van der Waals surface area contributed by atoms with Gasteiger partial charge in [-0.15, -0.1) is 0 Å². The molecule has 2 heterocycles. The SMILES string of the molecule is c1ccc(-c2ccc(-c3ccc(-c4c5nsnc5c(-c5ccc(-c6ccc(-c7ccccc7)cc6)cc5)c5nc(-c6ccccc6)c(-c6ccccc6)nc45)cc3)cc2)cc1. The van der Waals surface area contributed by atoms with Crippen molar-refractivity contribution in [1.82, 2.24) is 18.7 Å². The van der Waals surface area contributed by atoms with E-state index in [2.05, 4.69) is 194 Å². The van der Waals surface area contributed by atoms with E-state index in [-0.39, 0.29) is 0 Å². The summed E-state index contributed by atoms with van der Waals surface area (Å²) in [7, 11) is 0. The van der Waals surface area contributed by atoms with Gasteiger partial charge in [0.1, 0.15) is 22.1 Å². The largest absolute Gasteiger partial charge is 0.243 e. The molecule has 11 rings (SSSR count). The normalized spacial score (nSPS) is 11.3. The van der Waals surface area contributed by atoms with Crippen molar-refractivity contribution < 1.29 is 0 Å². The fraction of sp³-hybridized carbons (Fsp3) is 0. The predicted molar refractivity (Wildman–Crippen MR) is 254 cm³/mol. The van der Waals surface area contributed by atoms with E-state index < -0.39 is 0 Å². The van der Waals surface area contributed by atoms with Crippen LogP contribution in [0, 0.1) is 0 Å². The molecule has 0 saturated heterocycles. The number of fused-ring (bicyclic) bond motifs is 2. The third-order valence-electron chi connectivity index (χ3n) is 11.4. The molecule has 9 aromatic carbocycles.